The molecule has 0 amide bonds. The molecule has 0 heterocycles. The molecule has 0 radical (unpaired) electrons. The maximum atomic E-state index is 11.9. The fourth-order valence-corrected chi connectivity index (χ4v) is 2.83. The highest BCUT2D eigenvalue weighted by Crippen LogP contribution is 2.13. The minimum Gasteiger partial charge on any atom is -0.491 e. The van der Waals surface area contributed by atoms with Crippen LogP contribution in [0.5, 0.6) is 5.75 Å². The van der Waals surface area contributed by atoms with Gasteiger partial charge in [-0.1, -0.05) is 17.7 Å². The highest BCUT2D eigenvalue weighted by molar-refractivity contribution is 7.86. The molecule has 0 saturated heterocycles. The summed E-state index contributed by atoms with van der Waals surface area (Å²) in [6.07, 6.45) is 0.761. The molecule has 6 nitrogen and oxygen atoms in total. The first-order valence-electron chi connectivity index (χ1n) is 7.73. The van der Waals surface area contributed by atoms with E-state index in [-0.39, 0.29) is 18.1 Å². The number of hydrogen-bond donors (Lipinski definition) is 0. The lowest BCUT2D eigenvalue weighted by Crippen LogP contribution is -2.14. The van der Waals surface area contributed by atoms with E-state index in [1.807, 2.05) is 6.92 Å². The zero-order valence-corrected chi connectivity index (χ0v) is 14.7. The third-order valence-electron chi connectivity index (χ3n) is 3.29. The number of rotatable bonds is 10. The minimum absolute atomic E-state index is 0.0652. The minimum atomic E-state index is -3.76. The van der Waals surface area contributed by atoms with Gasteiger partial charge in [0.1, 0.15) is 18.6 Å². The van der Waals surface area contributed by atoms with Gasteiger partial charge in [-0.15, -0.1) is 0 Å². The van der Waals surface area contributed by atoms with Crippen molar-refractivity contribution < 1.29 is 26.9 Å². The standard InChI is InChI=1S/C18H20O6S/c1-15-2-8-18(9-3-15)25(20,21)24-13-11-22-10-12-23-17-6-4-16(14-19)5-7-17/h2-9,14H,10-13H2,1H3. The number of aldehydes is 1. The molecule has 0 saturated carbocycles. The normalized spacial score (nSPS) is 11.2. The van der Waals surface area contributed by atoms with E-state index < -0.39 is 10.1 Å². The van der Waals surface area contributed by atoms with Crippen LogP contribution in [-0.4, -0.2) is 41.1 Å². The summed E-state index contributed by atoms with van der Waals surface area (Å²) in [5.74, 6) is 0.632. The Bertz CT molecular complexity index is 766. The highest BCUT2D eigenvalue weighted by atomic mass is 32.2. The lowest BCUT2D eigenvalue weighted by Gasteiger charge is -2.08. The molecule has 0 N–H and O–H groups in total. The molecule has 25 heavy (non-hydrogen) atoms. The molecule has 7 heteroatoms. The number of carbonyl (C=O) groups excluding carboxylic acids is 1. The van der Waals surface area contributed by atoms with Gasteiger partial charge in [0.15, 0.2) is 0 Å². The Labute approximate surface area is 147 Å². The summed E-state index contributed by atoms with van der Waals surface area (Å²) >= 11 is 0. The fraction of sp³-hybridized carbons (Fsp3) is 0.278. The van der Waals surface area contributed by atoms with Gasteiger partial charge in [-0.05, 0) is 43.3 Å². The van der Waals surface area contributed by atoms with Crippen LogP contribution in [0, 0.1) is 6.92 Å². The maximum absolute atomic E-state index is 11.9. The van der Waals surface area contributed by atoms with Gasteiger partial charge < -0.3 is 9.47 Å². The van der Waals surface area contributed by atoms with E-state index in [0.717, 1.165) is 11.8 Å². The number of aryl methyl sites for hydroxylation is 1. The molecule has 0 aliphatic heterocycles. The highest BCUT2D eigenvalue weighted by Gasteiger charge is 2.14. The Morgan fingerprint density at radius 1 is 0.880 bits per heavy atom. The summed E-state index contributed by atoms with van der Waals surface area (Å²) in [5.41, 5.74) is 1.55. The molecular weight excluding hydrogens is 344 g/mol. The van der Waals surface area contributed by atoms with E-state index in [0.29, 0.717) is 24.5 Å². The molecule has 0 aliphatic carbocycles. The molecule has 0 spiro atoms. The van der Waals surface area contributed by atoms with Gasteiger partial charge in [-0.2, -0.15) is 8.42 Å². The van der Waals surface area contributed by atoms with Crippen molar-refractivity contribution in [3.8, 4) is 5.75 Å². The predicted molar refractivity (Wildman–Crippen MR) is 92.5 cm³/mol. The summed E-state index contributed by atoms with van der Waals surface area (Å²) in [6, 6.07) is 13.2. The summed E-state index contributed by atoms with van der Waals surface area (Å²) in [4.78, 5) is 10.7. The number of benzene rings is 2. The molecule has 134 valence electrons. The van der Waals surface area contributed by atoms with Crippen molar-refractivity contribution in [3.63, 3.8) is 0 Å². The smallest absolute Gasteiger partial charge is 0.297 e. The van der Waals surface area contributed by atoms with Gasteiger partial charge in [0.2, 0.25) is 0 Å². The maximum Gasteiger partial charge on any atom is 0.297 e. The van der Waals surface area contributed by atoms with Crippen molar-refractivity contribution in [3.05, 3.63) is 59.7 Å². The summed E-state index contributed by atoms with van der Waals surface area (Å²) in [7, 11) is -3.76. The Morgan fingerprint density at radius 3 is 2.16 bits per heavy atom. The van der Waals surface area contributed by atoms with Crippen molar-refractivity contribution in [2.75, 3.05) is 26.4 Å². The molecular formula is C18H20O6S. The van der Waals surface area contributed by atoms with E-state index >= 15 is 0 Å². The molecule has 0 aromatic heterocycles. The molecule has 2 aromatic rings. The number of hydrogen-bond acceptors (Lipinski definition) is 6. The second-order valence-electron chi connectivity index (χ2n) is 5.24. The quantitative estimate of drug-likeness (QED) is 0.366. The molecule has 0 unspecified atom stereocenters. The largest absolute Gasteiger partial charge is 0.491 e. The van der Waals surface area contributed by atoms with Crippen LogP contribution in [0.25, 0.3) is 0 Å². The topological polar surface area (TPSA) is 78.9 Å². The van der Waals surface area contributed by atoms with Crippen LogP contribution < -0.4 is 4.74 Å². The Morgan fingerprint density at radius 2 is 1.52 bits per heavy atom. The second kappa shape index (κ2) is 9.31. The first-order valence-corrected chi connectivity index (χ1v) is 9.14. The summed E-state index contributed by atoms with van der Waals surface area (Å²) in [6.45, 7) is 2.56. The van der Waals surface area contributed by atoms with E-state index in [1.54, 1.807) is 36.4 Å². The van der Waals surface area contributed by atoms with Gasteiger partial charge in [-0.3, -0.25) is 8.98 Å². The first-order chi connectivity index (χ1) is 12.0. The Kier molecular flexibility index (Phi) is 7.12. The lowest BCUT2D eigenvalue weighted by atomic mass is 10.2. The molecule has 2 aromatic carbocycles. The van der Waals surface area contributed by atoms with Gasteiger partial charge in [0, 0.05) is 5.56 Å². The van der Waals surface area contributed by atoms with E-state index in [9.17, 15) is 13.2 Å². The van der Waals surface area contributed by atoms with Crippen molar-refractivity contribution in [2.24, 2.45) is 0 Å². The van der Waals surface area contributed by atoms with Crippen LogP contribution in [0.2, 0.25) is 0 Å². The monoisotopic (exact) mass is 364 g/mol. The zero-order valence-electron chi connectivity index (χ0n) is 13.9. The van der Waals surface area contributed by atoms with Crippen molar-refractivity contribution in [1.82, 2.24) is 0 Å². The van der Waals surface area contributed by atoms with Crippen LogP contribution in [0.1, 0.15) is 15.9 Å². The second-order valence-corrected chi connectivity index (χ2v) is 6.85. The van der Waals surface area contributed by atoms with Crippen LogP contribution in [0.15, 0.2) is 53.4 Å². The third kappa shape index (κ3) is 6.30. The Hall–Kier alpha value is -2.22. The van der Waals surface area contributed by atoms with Crippen LogP contribution >= 0.6 is 0 Å². The molecule has 0 fully saturated rings. The molecule has 0 aliphatic rings. The van der Waals surface area contributed by atoms with Gasteiger partial charge in [0.05, 0.1) is 24.7 Å². The van der Waals surface area contributed by atoms with E-state index in [4.69, 9.17) is 13.7 Å². The van der Waals surface area contributed by atoms with Gasteiger partial charge in [-0.25, -0.2) is 0 Å². The SMILES string of the molecule is Cc1ccc(S(=O)(=O)OCCOCCOc2ccc(C=O)cc2)cc1. The number of ether oxygens (including phenoxy) is 2. The van der Waals surface area contributed by atoms with Gasteiger partial charge >= 0.3 is 0 Å². The van der Waals surface area contributed by atoms with E-state index in [1.165, 1.54) is 12.1 Å². The average molecular weight is 364 g/mol. The van der Waals surface area contributed by atoms with Crippen LogP contribution in [0.4, 0.5) is 0 Å². The first kappa shape index (κ1) is 19.1. The van der Waals surface area contributed by atoms with Crippen LogP contribution in [0.3, 0.4) is 0 Å². The van der Waals surface area contributed by atoms with E-state index in [2.05, 4.69) is 0 Å². The van der Waals surface area contributed by atoms with Crippen LogP contribution in [-0.2, 0) is 19.0 Å². The average Bonchev–Trinajstić information content (AvgIpc) is 2.62. The predicted octanol–water partition coefficient (Wildman–Crippen LogP) is 2.61. The molecule has 0 atom stereocenters. The molecule has 0 bridgehead atoms. The van der Waals surface area contributed by atoms with Crippen molar-refractivity contribution in [2.45, 2.75) is 11.8 Å². The fourth-order valence-electron chi connectivity index (χ4n) is 1.94. The zero-order chi connectivity index (χ0) is 18.1. The summed E-state index contributed by atoms with van der Waals surface area (Å²) < 4.78 is 39.5. The Balaban J connectivity index is 1.62. The van der Waals surface area contributed by atoms with Gasteiger partial charge in [0.25, 0.3) is 10.1 Å². The van der Waals surface area contributed by atoms with Crippen molar-refractivity contribution >= 4 is 16.4 Å². The van der Waals surface area contributed by atoms with Crippen molar-refractivity contribution in [1.29, 1.82) is 0 Å². The third-order valence-corrected chi connectivity index (χ3v) is 4.61. The molecule has 2 rings (SSSR count). The number of carbonyl (C=O) groups is 1. The lowest BCUT2D eigenvalue weighted by molar-refractivity contribution is 0.0779. The summed E-state index contributed by atoms with van der Waals surface area (Å²) in [5, 5.41) is 0.